The fourth-order valence-electron chi connectivity index (χ4n) is 1.73. The zero-order valence-electron chi connectivity index (χ0n) is 10.5. The Bertz CT molecular complexity index is 658. The third-order valence-electron chi connectivity index (χ3n) is 2.51. The van der Waals surface area contributed by atoms with Crippen molar-refractivity contribution in [3.8, 4) is 11.6 Å². The van der Waals surface area contributed by atoms with Crippen molar-refractivity contribution >= 4 is 5.97 Å². The van der Waals surface area contributed by atoms with E-state index in [0.29, 0.717) is 12.2 Å². The van der Waals surface area contributed by atoms with E-state index in [-0.39, 0.29) is 5.69 Å². The van der Waals surface area contributed by atoms with Crippen LogP contribution < -0.4 is 0 Å². The van der Waals surface area contributed by atoms with Gasteiger partial charge in [0, 0.05) is 6.54 Å². The molecule has 0 saturated carbocycles. The molecule has 0 bridgehead atoms. The molecular weight excluding hydrogens is 279 g/mol. The van der Waals surface area contributed by atoms with E-state index in [9.17, 15) is 18.0 Å². The summed E-state index contributed by atoms with van der Waals surface area (Å²) in [5.74, 6) is -3.47. The molecule has 0 saturated heterocycles. The largest absolute Gasteiger partial charge is 0.475 e. The Morgan fingerprint density at radius 3 is 2.60 bits per heavy atom. The van der Waals surface area contributed by atoms with Crippen molar-refractivity contribution in [2.24, 2.45) is 0 Å². The third kappa shape index (κ3) is 2.38. The van der Waals surface area contributed by atoms with Gasteiger partial charge >= 0.3 is 12.1 Å². The molecule has 1 N–H and O–H groups in total. The highest BCUT2D eigenvalue weighted by molar-refractivity contribution is 5.86. The van der Waals surface area contributed by atoms with Crippen molar-refractivity contribution in [2.45, 2.75) is 26.6 Å². The summed E-state index contributed by atoms with van der Waals surface area (Å²) in [6, 6.07) is 1.47. The average Bonchev–Trinajstić information content (AvgIpc) is 2.90. The summed E-state index contributed by atoms with van der Waals surface area (Å²) in [5, 5.41) is 12.8. The number of rotatable bonds is 3. The van der Waals surface area contributed by atoms with Gasteiger partial charge in [0.05, 0.1) is 5.69 Å². The van der Waals surface area contributed by atoms with Gasteiger partial charge in [-0.25, -0.2) is 9.78 Å². The van der Waals surface area contributed by atoms with Crippen LogP contribution in [0, 0.1) is 6.92 Å². The van der Waals surface area contributed by atoms with Crippen LogP contribution in [0.25, 0.3) is 11.6 Å². The normalized spacial score (nSPS) is 11.8. The highest BCUT2D eigenvalue weighted by atomic mass is 19.4. The number of aryl methyl sites for hydroxylation is 2. The van der Waals surface area contributed by atoms with Crippen molar-refractivity contribution in [2.75, 3.05) is 0 Å². The van der Waals surface area contributed by atoms with Crippen molar-refractivity contribution in [1.82, 2.24) is 14.8 Å². The molecule has 0 aliphatic rings. The van der Waals surface area contributed by atoms with Crippen LogP contribution in [0.1, 0.15) is 28.9 Å². The molecule has 0 aliphatic heterocycles. The number of oxazole rings is 1. The van der Waals surface area contributed by atoms with E-state index in [1.807, 2.05) is 0 Å². The molecule has 0 radical (unpaired) electrons. The van der Waals surface area contributed by atoms with Crippen molar-refractivity contribution < 1.29 is 27.5 Å². The maximum atomic E-state index is 12.7. The number of hydrogen-bond acceptors (Lipinski definition) is 4. The van der Waals surface area contributed by atoms with Gasteiger partial charge in [0.2, 0.25) is 11.7 Å². The Morgan fingerprint density at radius 2 is 2.15 bits per heavy atom. The molecule has 108 valence electrons. The molecule has 0 fully saturated rings. The Hall–Kier alpha value is -2.32. The number of carbonyl (C=O) groups is 1. The first-order valence-corrected chi connectivity index (χ1v) is 5.60. The predicted octanol–water partition coefficient (Wildman–Crippen LogP) is 2.58. The second kappa shape index (κ2) is 4.66. The quantitative estimate of drug-likeness (QED) is 0.939. The Morgan fingerprint density at radius 1 is 1.50 bits per heavy atom. The molecule has 9 heteroatoms. The summed E-state index contributed by atoms with van der Waals surface area (Å²) in [6.45, 7) is 3.78. The fourth-order valence-corrected chi connectivity index (χ4v) is 1.73. The molecule has 0 atom stereocenters. The van der Waals surface area contributed by atoms with E-state index in [1.165, 1.54) is 10.7 Å². The Kier molecular flexibility index (Phi) is 3.28. The summed E-state index contributed by atoms with van der Waals surface area (Å²) >= 11 is 0. The summed E-state index contributed by atoms with van der Waals surface area (Å²) in [6.07, 6.45) is -4.90. The number of nitrogens with zero attached hydrogens (tertiary/aromatic N) is 3. The van der Waals surface area contributed by atoms with Crippen LogP contribution in [-0.4, -0.2) is 25.8 Å². The van der Waals surface area contributed by atoms with Crippen LogP contribution in [-0.2, 0) is 12.7 Å². The second-order valence-corrected chi connectivity index (χ2v) is 3.99. The van der Waals surface area contributed by atoms with Gasteiger partial charge in [0.1, 0.15) is 5.69 Å². The molecule has 2 rings (SSSR count). The van der Waals surface area contributed by atoms with Crippen molar-refractivity contribution in [1.29, 1.82) is 0 Å². The molecule has 0 amide bonds. The van der Waals surface area contributed by atoms with Crippen LogP contribution in [0.15, 0.2) is 10.5 Å². The van der Waals surface area contributed by atoms with E-state index in [1.54, 1.807) is 13.8 Å². The number of halogens is 3. The number of alkyl halides is 3. The minimum Gasteiger partial charge on any atom is -0.475 e. The lowest BCUT2D eigenvalue weighted by atomic mass is 10.3. The summed E-state index contributed by atoms with van der Waals surface area (Å²) in [5.41, 5.74) is -0.796. The van der Waals surface area contributed by atoms with E-state index < -0.39 is 29.5 Å². The van der Waals surface area contributed by atoms with Crippen molar-refractivity contribution in [3.05, 3.63) is 23.2 Å². The topological polar surface area (TPSA) is 81.2 Å². The highest BCUT2D eigenvalue weighted by Crippen LogP contribution is 2.34. The van der Waals surface area contributed by atoms with Gasteiger partial charge in [-0.05, 0) is 19.9 Å². The van der Waals surface area contributed by atoms with Crippen molar-refractivity contribution in [3.63, 3.8) is 0 Å². The van der Waals surface area contributed by atoms with Crippen LogP contribution >= 0.6 is 0 Å². The maximum absolute atomic E-state index is 12.7. The van der Waals surface area contributed by atoms with E-state index in [0.717, 1.165) is 0 Å². The van der Waals surface area contributed by atoms with Gasteiger partial charge in [-0.3, -0.25) is 4.68 Å². The Balaban J connectivity index is 2.62. The Labute approximate surface area is 110 Å². The number of carboxylic acid groups (broad SMARTS) is 1. The molecule has 6 nitrogen and oxygen atoms in total. The average molecular weight is 289 g/mol. The number of aromatic nitrogens is 3. The predicted molar refractivity (Wildman–Crippen MR) is 60.1 cm³/mol. The second-order valence-electron chi connectivity index (χ2n) is 3.99. The van der Waals surface area contributed by atoms with Crippen LogP contribution in [0.4, 0.5) is 13.2 Å². The monoisotopic (exact) mass is 289 g/mol. The number of aromatic carboxylic acids is 1. The van der Waals surface area contributed by atoms with Gasteiger partial charge in [-0.2, -0.15) is 18.3 Å². The lowest BCUT2D eigenvalue weighted by Gasteiger charge is -2.01. The first-order valence-electron chi connectivity index (χ1n) is 5.60. The zero-order valence-corrected chi connectivity index (χ0v) is 10.5. The summed E-state index contributed by atoms with van der Waals surface area (Å²) < 4.78 is 44.3. The summed E-state index contributed by atoms with van der Waals surface area (Å²) in [7, 11) is 0. The maximum Gasteiger partial charge on any atom is 0.437 e. The van der Waals surface area contributed by atoms with Crippen LogP contribution in [0.3, 0.4) is 0 Å². The molecule has 2 aromatic heterocycles. The standard InChI is InChI=1S/C11H10F3N3O3/c1-3-17-6(4-5(2)16-17)9-15-8(11(12,13)14)7(20-9)10(18)19/h4H,3H2,1-2H3,(H,18,19). The van der Waals surface area contributed by atoms with Crippen LogP contribution in [0.2, 0.25) is 0 Å². The first-order chi connectivity index (χ1) is 9.24. The molecule has 2 heterocycles. The fraction of sp³-hybridized carbons (Fsp3) is 0.364. The molecule has 0 unspecified atom stereocenters. The van der Waals surface area contributed by atoms with Gasteiger partial charge in [0.25, 0.3) is 0 Å². The molecule has 2 aromatic rings. The van der Waals surface area contributed by atoms with E-state index in [4.69, 9.17) is 9.52 Å². The molecule has 0 aromatic carbocycles. The minimum atomic E-state index is -4.90. The number of carboxylic acids is 1. The zero-order chi connectivity index (χ0) is 15.1. The number of hydrogen-bond donors (Lipinski definition) is 1. The van der Waals surface area contributed by atoms with E-state index in [2.05, 4.69) is 10.1 Å². The lowest BCUT2D eigenvalue weighted by Crippen LogP contribution is -2.11. The highest BCUT2D eigenvalue weighted by Gasteiger charge is 2.41. The molecule has 20 heavy (non-hydrogen) atoms. The van der Waals surface area contributed by atoms with E-state index >= 15 is 0 Å². The van der Waals surface area contributed by atoms with Gasteiger partial charge < -0.3 is 9.52 Å². The molecular formula is C11H10F3N3O3. The summed E-state index contributed by atoms with van der Waals surface area (Å²) in [4.78, 5) is 14.1. The first kappa shape index (κ1) is 14.1. The van der Waals surface area contributed by atoms with Gasteiger partial charge in [0.15, 0.2) is 5.69 Å². The lowest BCUT2D eigenvalue weighted by molar-refractivity contribution is -0.141. The smallest absolute Gasteiger partial charge is 0.437 e. The van der Waals surface area contributed by atoms with Crippen LogP contribution in [0.5, 0.6) is 0 Å². The van der Waals surface area contributed by atoms with Gasteiger partial charge in [-0.1, -0.05) is 0 Å². The minimum absolute atomic E-state index is 0.197. The molecule has 0 aliphatic carbocycles. The molecule has 0 spiro atoms. The SMILES string of the molecule is CCn1nc(C)cc1-c1nc(C(F)(F)F)c(C(=O)O)o1. The third-order valence-corrected chi connectivity index (χ3v) is 2.51. The van der Waals surface area contributed by atoms with Gasteiger partial charge in [-0.15, -0.1) is 0 Å².